The van der Waals surface area contributed by atoms with Gasteiger partial charge in [-0.15, -0.1) is 0 Å². The summed E-state index contributed by atoms with van der Waals surface area (Å²) in [6.45, 7) is 5.64. The maximum atomic E-state index is 5.33. The van der Waals surface area contributed by atoms with E-state index in [0.717, 1.165) is 47.2 Å². The standard InChI is InChI=1S/C21H25N3O2/c1-15-21(16(2)24(23-15)18-8-6-5-7-9-18)14-22-13-17-10-19(25-3)12-20(11-17)26-4/h5-12,22H,13-14H2,1-4H3. The molecule has 0 unspecified atom stereocenters. The summed E-state index contributed by atoms with van der Waals surface area (Å²) in [5.41, 5.74) is 5.62. The van der Waals surface area contributed by atoms with E-state index in [-0.39, 0.29) is 0 Å². The van der Waals surface area contributed by atoms with Crippen molar-refractivity contribution in [3.63, 3.8) is 0 Å². The Morgan fingerprint density at radius 1 is 0.923 bits per heavy atom. The quantitative estimate of drug-likeness (QED) is 0.703. The van der Waals surface area contributed by atoms with Crippen LogP contribution in [0.3, 0.4) is 0 Å². The van der Waals surface area contributed by atoms with Gasteiger partial charge in [0, 0.05) is 30.4 Å². The van der Waals surface area contributed by atoms with Crippen LogP contribution >= 0.6 is 0 Å². The Kier molecular flexibility index (Phi) is 5.58. The largest absolute Gasteiger partial charge is 0.497 e. The van der Waals surface area contributed by atoms with Gasteiger partial charge in [0.2, 0.25) is 0 Å². The summed E-state index contributed by atoms with van der Waals surface area (Å²) in [5, 5.41) is 8.20. The van der Waals surface area contributed by atoms with E-state index >= 15 is 0 Å². The molecule has 0 saturated heterocycles. The summed E-state index contributed by atoms with van der Waals surface area (Å²) in [6.07, 6.45) is 0. The molecule has 3 rings (SSSR count). The van der Waals surface area contributed by atoms with Gasteiger partial charge in [-0.1, -0.05) is 18.2 Å². The predicted octanol–water partition coefficient (Wildman–Crippen LogP) is 3.80. The third-order valence-electron chi connectivity index (χ3n) is 4.48. The summed E-state index contributed by atoms with van der Waals surface area (Å²) in [7, 11) is 3.33. The summed E-state index contributed by atoms with van der Waals surface area (Å²) >= 11 is 0. The second-order valence-corrected chi connectivity index (χ2v) is 6.22. The van der Waals surface area contributed by atoms with Crippen molar-refractivity contribution in [1.29, 1.82) is 0 Å². The minimum Gasteiger partial charge on any atom is -0.497 e. The molecule has 1 aromatic heterocycles. The lowest BCUT2D eigenvalue weighted by Crippen LogP contribution is -2.14. The van der Waals surface area contributed by atoms with Crippen LogP contribution in [0.5, 0.6) is 11.5 Å². The average molecular weight is 351 g/mol. The highest BCUT2D eigenvalue weighted by Gasteiger charge is 2.12. The van der Waals surface area contributed by atoms with Crippen LogP contribution in [0, 0.1) is 13.8 Å². The van der Waals surface area contributed by atoms with E-state index in [4.69, 9.17) is 14.6 Å². The van der Waals surface area contributed by atoms with Crippen molar-refractivity contribution in [3.8, 4) is 17.2 Å². The van der Waals surface area contributed by atoms with Gasteiger partial charge < -0.3 is 14.8 Å². The minimum absolute atomic E-state index is 0.725. The molecule has 0 spiro atoms. The molecule has 5 nitrogen and oxygen atoms in total. The van der Waals surface area contributed by atoms with Gasteiger partial charge >= 0.3 is 0 Å². The molecule has 3 aromatic rings. The first-order valence-corrected chi connectivity index (χ1v) is 8.65. The third kappa shape index (κ3) is 3.89. The summed E-state index contributed by atoms with van der Waals surface area (Å²) < 4.78 is 12.7. The Hall–Kier alpha value is -2.79. The van der Waals surface area contributed by atoms with Crippen LogP contribution in [-0.4, -0.2) is 24.0 Å². The molecule has 1 N–H and O–H groups in total. The van der Waals surface area contributed by atoms with E-state index in [2.05, 4.69) is 31.3 Å². The topological polar surface area (TPSA) is 48.3 Å². The van der Waals surface area contributed by atoms with E-state index < -0.39 is 0 Å². The van der Waals surface area contributed by atoms with Gasteiger partial charge in [-0.3, -0.25) is 0 Å². The fourth-order valence-corrected chi connectivity index (χ4v) is 3.05. The molecule has 5 heteroatoms. The van der Waals surface area contributed by atoms with Crippen LogP contribution in [0.25, 0.3) is 5.69 Å². The van der Waals surface area contributed by atoms with Crippen LogP contribution in [0.1, 0.15) is 22.5 Å². The van der Waals surface area contributed by atoms with Gasteiger partial charge in [-0.25, -0.2) is 4.68 Å². The molecule has 0 aliphatic rings. The highest BCUT2D eigenvalue weighted by molar-refractivity contribution is 5.39. The molecular formula is C21H25N3O2. The fourth-order valence-electron chi connectivity index (χ4n) is 3.05. The van der Waals surface area contributed by atoms with Crippen molar-refractivity contribution in [2.45, 2.75) is 26.9 Å². The number of aryl methyl sites for hydroxylation is 1. The number of hydrogen-bond donors (Lipinski definition) is 1. The van der Waals surface area contributed by atoms with Crippen molar-refractivity contribution >= 4 is 0 Å². The number of hydrogen-bond acceptors (Lipinski definition) is 4. The maximum absolute atomic E-state index is 5.33. The number of para-hydroxylation sites is 1. The molecule has 1 heterocycles. The first-order chi connectivity index (χ1) is 12.6. The van der Waals surface area contributed by atoms with Crippen LogP contribution in [-0.2, 0) is 13.1 Å². The smallest absolute Gasteiger partial charge is 0.122 e. The molecule has 26 heavy (non-hydrogen) atoms. The molecule has 0 amide bonds. The first-order valence-electron chi connectivity index (χ1n) is 8.65. The Bertz CT molecular complexity index is 850. The monoisotopic (exact) mass is 351 g/mol. The molecule has 0 fully saturated rings. The van der Waals surface area contributed by atoms with Gasteiger partial charge in [0.1, 0.15) is 11.5 Å². The lowest BCUT2D eigenvalue weighted by molar-refractivity contribution is 0.393. The van der Waals surface area contributed by atoms with Crippen LogP contribution < -0.4 is 14.8 Å². The second kappa shape index (κ2) is 8.06. The Balaban J connectivity index is 1.72. The number of rotatable bonds is 7. The number of aromatic nitrogens is 2. The molecule has 0 aliphatic heterocycles. The van der Waals surface area contributed by atoms with Crippen molar-refractivity contribution in [2.24, 2.45) is 0 Å². The van der Waals surface area contributed by atoms with E-state index in [1.165, 1.54) is 5.56 Å². The molecular weight excluding hydrogens is 326 g/mol. The highest BCUT2D eigenvalue weighted by Crippen LogP contribution is 2.23. The number of methoxy groups -OCH3 is 2. The number of nitrogens with one attached hydrogen (secondary N) is 1. The molecule has 136 valence electrons. The van der Waals surface area contributed by atoms with Crippen molar-refractivity contribution in [3.05, 3.63) is 71.0 Å². The average Bonchev–Trinajstić information content (AvgIpc) is 2.96. The zero-order chi connectivity index (χ0) is 18.5. The van der Waals surface area contributed by atoms with Gasteiger partial charge in [0.25, 0.3) is 0 Å². The Morgan fingerprint density at radius 2 is 1.58 bits per heavy atom. The van der Waals surface area contributed by atoms with E-state index in [0.29, 0.717) is 0 Å². The Morgan fingerprint density at radius 3 is 2.19 bits per heavy atom. The lowest BCUT2D eigenvalue weighted by atomic mass is 10.1. The number of benzene rings is 2. The molecule has 0 atom stereocenters. The summed E-state index contributed by atoms with van der Waals surface area (Å²) in [4.78, 5) is 0. The lowest BCUT2D eigenvalue weighted by Gasteiger charge is -2.10. The van der Waals surface area contributed by atoms with Crippen LogP contribution in [0.15, 0.2) is 48.5 Å². The van der Waals surface area contributed by atoms with Crippen molar-refractivity contribution in [1.82, 2.24) is 15.1 Å². The molecule has 0 saturated carbocycles. The molecule has 0 aliphatic carbocycles. The van der Waals surface area contributed by atoms with E-state index in [1.807, 2.05) is 41.1 Å². The fraction of sp³-hybridized carbons (Fsp3) is 0.286. The third-order valence-corrected chi connectivity index (χ3v) is 4.48. The van der Waals surface area contributed by atoms with Gasteiger partial charge in [0.05, 0.1) is 25.6 Å². The van der Waals surface area contributed by atoms with Gasteiger partial charge in [0.15, 0.2) is 0 Å². The minimum atomic E-state index is 0.725. The van der Waals surface area contributed by atoms with Gasteiger partial charge in [-0.05, 0) is 43.7 Å². The van der Waals surface area contributed by atoms with Gasteiger partial charge in [-0.2, -0.15) is 5.10 Å². The van der Waals surface area contributed by atoms with Crippen LogP contribution in [0.4, 0.5) is 0 Å². The van der Waals surface area contributed by atoms with Crippen molar-refractivity contribution in [2.75, 3.05) is 14.2 Å². The zero-order valence-corrected chi connectivity index (χ0v) is 15.7. The zero-order valence-electron chi connectivity index (χ0n) is 15.7. The first kappa shape index (κ1) is 18.0. The van der Waals surface area contributed by atoms with Crippen LogP contribution in [0.2, 0.25) is 0 Å². The van der Waals surface area contributed by atoms with Crippen molar-refractivity contribution < 1.29 is 9.47 Å². The highest BCUT2D eigenvalue weighted by atomic mass is 16.5. The summed E-state index contributed by atoms with van der Waals surface area (Å²) in [6, 6.07) is 16.1. The SMILES string of the molecule is COc1cc(CNCc2c(C)nn(-c3ccccc3)c2C)cc(OC)c1. The molecule has 0 bridgehead atoms. The number of ether oxygens (including phenoxy) is 2. The maximum Gasteiger partial charge on any atom is 0.122 e. The predicted molar refractivity (Wildman–Crippen MR) is 103 cm³/mol. The Labute approximate surface area is 154 Å². The normalized spacial score (nSPS) is 10.8. The molecule has 2 aromatic carbocycles. The number of nitrogens with zero attached hydrogens (tertiary/aromatic N) is 2. The second-order valence-electron chi connectivity index (χ2n) is 6.22. The van der Waals surface area contributed by atoms with E-state index in [9.17, 15) is 0 Å². The van der Waals surface area contributed by atoms with E-state index in [1.54, 1.807) is 14.2 Å². The molecule has 0 radical (unpaired) electrons. The summed E-state index contributed by atoms with van der Waals surface area (Å²) in [5.74, 6) is 1.59.